The van der Waals surface area contributed by atoms with E-state index in [-0.39, 0.29) is 0 Å². The van der Waals surface area contributed by atoms with Crippen LogP contribution < -0.4 is 5.73 Å². The number of hydrogen-bond donors (Lipinski definition) is 1. The van der Waals surface area contributed by atoms with Crippen molar-refractivity contribution in [2.24, 2.45) is 7.05 Å². The SMILES string of the molecule is Cn1ncc(-c2nc(CCc3ccccc3)no2)c1N. The van der Waals surface area contributed by atoms with Crippen molar-refractivity contribution in [3.05, 3.63) is 47.9 Å². The van der Waals surface area contributed by atoms with Gasteiger partial charge in [0.05, 0.1) is 6.20 Å². The minimum atomic E-state index is 0.415. The van der Waals surface area contributed by atoms with Gasteiger partial charge in [-0.1, -0.05) is 35.5 Å². The van der Waals surface area contributed by atoms with E-state index in [9.17, 15) is 0 Å². The van der Waals surface area contributed by atoms with E-state index in [1.54, 1.807) is 17.9 Å². The first-order valence-electron chi connectivity index (χ1n) is 6.38. The molecule has 0 atom stereocenters. The molecule has 3 rings (SSSR count). The average molecular weight is 269 g/mol. The van der Waals surface area contributed by atoms with Crippen LogP contribution in [0.15, 0.2) is 41.1 Å². The van der Waals surface area contributed by atoms with E-state index < -0.39 is 0 Å². The monoisotopic (exact) mass is 269 g/mol. The van der Waals surface area contributed by atoms with Crippen molar-refractivity contribution < 1.29 is 4.52 Å². The van der Waals surface area contributed by atoms with E-state index in [1.807, 2.05) is 18.2 Å². The third kappa shape index (κ3) is 2.40. The van der Waals surface area contributed by atoms with Gasteiger partial charge in [-0.3, -0.25) is 4.68 Å². The lowest BCUT2D eigenvalue weighted by Gasteiger charge is -1.96. The molecular formula is C14H15N5O. The molecule has 3 aromatic rings. The summed E-state index contributed by atoms with van der Waals surface area (Å²) in [5.41, 5.74) is 7.80. The molecule has 0 bridgehead atoms. The van der Waals surface area contributed by atoms with Gasteiger partial charge in [0.25, 0.3) is 5.89 Å². The molecule has 2 aromatic heterocycles. The van der Waals surface area contributed by atoms with Crippen LogP contribution in [0.4, 0.5) is 5.82 Å². The smallest absolute Gasteiger partial charge is 0.263 e. The largest absolute Gasteiger partial charge is 0.383 e. The number of nitrogens with two attached hydrogens (primary N) is 1. The molecule has 0 aliphatic carbocycles. The van der Waals surface area contributed by atoms with Crippen LogP contribution in [0, 0.1) is 0 Å². The number of nitrogen functional groups attached to an aromatic ring is 1. The van der Waals surface area contributed by atoms with Crippen molar-refractivity contribution in [1.29, 1.82) is 0 Å². The highest BCUT2D eigenvalue weighted by atomic mass is 16.5. The fraction of sp³-hybridized carbons (Fsp3) is 0.214. The number of aromatic nitrogens is 4. The lowest BCUT2D eigenvalue weighted by Crippen LogP contribution is -1.98. The molecule has 0 saturated heterocycles. The number of hydrogen-bond acceptors (Lipinski definition) is 5. The van der Waals surface area contributed by atoms with Gasteiger partial charge in [0.2, 0.25) is 0 Å². The molecule has 1 aromatic carbocycles. The molecule has 2 heterocycles. The number of aryl methyl sites for hydroxylation is 3. The van der Waals surface area contributed by atoms with Gasteiger partial charge in [0.15, 0.2) is 5.82 Å². The van der Waals surface area contributed by atoms with Crippen molar-refractivity contribution >= 4 is 5.82 Å². The molecule has 6 heteroatoms. The molecule has 0 spiro atoms. The highest BCUT2D eigenvalue weighted by Crippen LogP contribution is 2.23. The maximum absolute atomic E-state index is 5.88. The van der Waals surface area contributed by atoms with E-state index in [1.165, 1.54) is 5.56 Å². The fourth-order valence-electron chi connectivity index (χ4n) is 1.98. The standard InChI is InChI=1S/C14H15N5O/c1-19-13(15)11(9-16-19)14-17-12(18-20-14)8-7-10-5-3-2-4-6-10/h2-6,9H,7-8,15H2,1H3. The summed E-state index contributed by atoms with van der Waals surface area (Å²) in [4.78, 5) is 4.36. The Bertz CT molecular complexity index is 701. The highest BCUT2D eigenvalue weighted by Gasteiger charge is 2.14. The Kier molecular flexibility index (Phi) is 3.20. The molecule has 20 heavy (non-hydrogen) atoms. The van der Waals surface area contributed by atoms with Crippen LogP contribution >= 0.6 is 0 Å². The predicted octanol–water partition coefficient (Wildman–Crippen LogP) is 1.84. The summed E-state index contributed by atoms with van der Waals surface area (Å²) in [6.07, 6.45) is 3.24. The second-order valence-corrected chi connectivity index (χ2v) is 4.57. The van der Waals surface area contributed by atoms with Gasteiger partial charge in [-0.2, -0.15) is 10.1 Å². The first-order chi connectivity index (χ1) is 9.74. The zero-order valence-electron chi connectivity index (χ0n) is 11.2. The topological polar surface area (TPSA) is 82.8 Å². The number of rotatable bonds is 4. The van der Waals surface area contributed by atoms with E-state index >= 15 is 0 Å². The molecule has 0 aliphatic heterocycles. The maximum atomic E-state index is 5.88. The van der Waals surface area contributed by atoms with Crippen LogP contribution in [0.5, 0.6) is 0 Å². The predicted molar refractivity (Wildman–Crippen MR) is 74.8 cm³/mol. The lowest BCUT2D eigenvalue weighted by atomic mass is 10.1. The highest BCUT2D eigenvalue weighted by molar-refractivity contribution is 5.66. The van der Waals surface area contributed by atoms with Gasteiger partial charge in [-0.25, -0.2) is 0 Å². The second kappa shape index (κ2) is 5.16. The molecule has 0 fully saturated rings. The van der Waals surface area contributed by atoms with E-state index in [0.717, 1.165) is 12.8 Å². The van der Waals surface area contributed by atoms with E-state index in [2.05, 4.69) is 27.4 Å². The van der Waals surface area contributed by atoms with Crippen LogP contribution in [0.3, 0.4) is 0 Å². The molecule has 0 unspecified atom stereocenters. The first kappa shape index (κ1) is 12.4. The van der Waals surface area contributed by atoms with Crippen LogP contribution in [0.25, 0.3) is 11.5 Å². The Morgan fingerprint density at radius 3 is 2.70 bits per heavy atom. The van der Waals surface area contributed by atoms with Gasteiger partial charge in [-0.05, 0) is 12.0 Å². The Morgan fingerprint density at radius 1 is 1.20 bits per heavy atom. The normalized spacial score (nSPS) is 10.8. The second-order valence-electron chi connectivity index (χ2n) is 4.57. The summed E-state index contributed by atoms with van der Waals surface area (Å²) >= 11 is 0. The summed E-state index contributed by atoms with van der Waals surface area (Å²) < 4.78 is 6.81. The van der Waals surface area contributed by atoms with Crippen molar-refractivity contribution in [2.45, 2.75) is 12.8 Å². The Morgan fingerprint density at radius 2 is 2.00 bits per heavy atom. The molecule has 0 amide bonds. The number of benzene rings is 1. The van der Waals surface area contributed by atoms with Gasteiger partial charge in [-0.15, -0.1) is 0 Å². The van der Waals surface area contributed by atoms with Gasteiger partial charge >= 0.3 is 0 Å². The molecule has 6 nitrogen and oxygen atoms in total. The molecular weight excluding hydrogens is 254 g/mol. The quantitative estimate of drug-likeness (QED) is 0.781. The van der Waals surface area contributed by atoms with E-state index in [0.29, 0.717) is 23.1 Å². The summed E-state index contributed by atoms with van der Waals surface area (Å²) in [5.74, 6) is 1.61. The summed E-state index contributed by atoms with van der Waals surface area (Å²) in [6, 6.07) is 10.2. The molecule has 0 saturated carbocycles. The zero-order chi connectivity index (χ0) is 13.9. The fourth-order valence-corrected chi connectivity index (χ4v) is 1.98. The molecule has 2 N–H and O–H groups in total. The van der Waals surface area contributed by atoms with Crippen LogP contribution in [-0.4, -0.2) is 19.9 Å². The minimum Gasteiger partial charge on any atom is -0.383 e. The Hall–Kier alpha value is -2.63. The average Bonchev–Trinajstić information content (AvgIpc) is 3.06. The first-order valence-corrected chi connectivity index (χ1v) is 6.38. The summed E-state index contributed by atoms with van der Waals surface area (Å²) in [5, 5.41) is 8.04. The van der Waals surface area contributed by atoms with Gasteiger partial charge in [0, 0.05) is 13.5 Å². The van der Waals surface area contributed by atoms with Gasteiger partial charge < -0.3 is 10.3 Å². The lowest BCUT2D eigenvalue weighted by molar-refractivity contribution is 0.422. The third-order valence-corrected chi connectivity index (χ3v) is 3.16. The minimum absolute atomic E-state index is 0.415. The molecule has 102 valence electrons. The summed E-state index contributed by atoms with van der Waals surface area (Å²) in [6.45, 7) is 0. The molecule has 0 radical (unpaired) electrons. The van der Waals surface area contributed by atoms with Crippen molar-refractivity contribution in [1.82, 2.24) is 19.9 Å². The number of nitrogens with zero attached hydrogens (tertiary/aromatic N) is 4. The van der Waals surface area contributed by atoms with Crippen LogP contribution in [0.2, 0.25) is 0 Å². The Labute approximate surface area is 116 Å². The van der Waals surface area contributed by atoms with E-state index in [4.69, 9.17) is 10.3 Å². The number of anilines is 1. The van der Waals surface area contributed by atoms with Crippen LogP contribution in [0.1, 0.15) is 11.4 Å². The third-order valence-electron chi connectivity index (χ3n) is 3.16. The maximum Gasteiger partial charge on any atom is 0.263 e. The van der Waals surface area contributed by atoms with Crippen molar-refractivity contribution in [2.75, 3.05) is 5.73 Å². The van der Waals surface area contributed by atoms with Crippen LogP contribution in [-0.2, 0) is 19.9 Å². The molecule has 0 aliphatic rings. The Balaban J connectivity index is 1.73. The van der Waals surface area contributed by atoms with Crippen molar-refractivity contribution in [3.8, 4) is 11.5 Å². The zero-order valence-corrected chi connectivity index (χ0v) is 11.2. The van der Waals surface area contributed by atoms with Gasteiger partial charge in [0.1, 0.15) is 11.4 Å². The van der Waals surface area contributed by atoms with Crippen molar-refractivity contribution in [3.63, 3.8) is 0 Å². The summed E-state index contributed by atoms with van der Waals surface area (Å²) in [7, 11) is 1.77.